The lowest BCUT2D eigenvalue weighted by atomic mass is 9.88. The first-order chi connectivity index (χ1) is 16.7. The third-order valence-electron chi connectivity index (χ3n) is 7.36. The number of benzene rings is 2. The Bertz CT molecular complexity index is 1130. The maximum atomic E-state index is 12.2. The highest BCUT2D eigenvalue weighted by molar-refractivity contribution is 6.63. The molecule has 4 rings (SSSR count). The maximum Gasteiger partial charge on any atom is 0.306 e. The van der Waals surface area contributed by atoms with E-state index in [1.165, 1.54) is 0 Å². The van der Waals surface area contributed by atoms with Crippen molar-refractivity contribution in [2.24, 2.45) is 22.7 Å². The van der Waals surface area contributed by atoms with E-state index in [0.717, 1.165) is 39.8 Å². The van der Waals surface area contributed by atoms with E-state index in [1.807, 2.05) is 71.0 Å². The fourth-order valence-corrected chi connectivity index (χ4v) is 5.17. The summed E-state index contributed by atoms with van der Waals surface area (Å²) in [7, 11) is 0. The van der Waals surface area contributed by atoms with Crippen molar-refractivity contribution < 1.29 is 24.3 Å². The van der Waals surface area contributed by atoms with Crippen LogP contribution in [0, 0.1) is 22.7 Å². The van der Waals surface area contributed by atoms with E-state index in [1.54, 1.807) is 6.92 Å². The lowest BCUT2D eigenvalue weighted by Gasteiger charge is -2.14. The van der Waals surface area contributed by atoms with Crippen molar-refractivity contribution in [3.05, 3.63) is 69.8 Å². The predicted molar refractivity (Wildman–Crippen MR) is 147 cm³/mol. The Kier molecular flexibility index (Phi) is 9.30. The molecule has 2 aromatic rings. The molecule has 0 saturated heterocycles. The van der Waals surface area contributed by atoms with Gasteiger partial charge in [0, 0.05) is 27.9 Å². The molecule has 0 saturated carbocycles. The van der Waals surface area contributed by atoms with Crippen LogP contribution in [0.1, 0.15) is 91.9 Å². The number of Topliss-reactive ketones (excluding diaryl/α,β-unsaturated/α-hetero) is 2. The van der Waals surface area contributed by atoms with E-state index in [9.17, 15) is 19.2 Å². The SMILES string of the molecule is C.CC(Cc1cccc2c1CC(C)(C)C2=O)C(=O)Cl.CC(Cc1cccc2c1CC(C)(C)C2=O)C(=O)O. The van der Waals surface area contributed by atoms with E-state index in [2.05, 4.69) is 0 Å². The summed E-state index contributed by atoms with van der Waals surface area (Å²) >= 11 is 5.51. The van der Waals surface area contributed by atoms with Crippen LogP contribution in [0.15, 0.2) is 36.4 Å². The molecule has 2 aromatic carbocycles. The molecule has 0 aromatic heterocycles. The predicted octanol–water partition coefficient (Wildman–Crippen LogP) is 6.75. The van der Waals surface area contributed by atoms with Crippen LogP contribution in [-0.4, -0.2) is 27.9 Å². The first kappa shape index (κ1) is 30.4. The second-order valence-corrected chi connectivity index (χ2v) is 11.9. The molecule has 0 radical (unpaired) electrons. The van der Waals surface area contributed by atoms with Gasteiger partial charge in [0.1, 0.15) is 0 Å². The number of carbonyl (C=O) groups excluding carboxylic acids is 3. The molecule has 2 aliphatic carbocycles. The van der Waals surface area contributed by atoms with Crippen LogP contribution in [0.2, 0.25) is 0 Å². The molecule has 5 nitrogen and oxygen atoms in total. The quantitative estimate of drug-likeness (QED) is 0.421. The molecular weight excluding hydrogens is 488 g/mol. The Morgan fingerprint density at radius 3 is 1.54 bits per heavy atom. The number of halogens is 1. The average Bonchev–Trinajstić information content (AvgIpc) is 3.18. The smallest absolute Gasteiger partial charge is 0.306 e. The fourth-order valence-electron chi connectivity index (χ4n) is 5.10. The lowest BCUT2D eigenvalue weighted by Crippen LogP contribution is -2.18. The number of carboxylic acid groups (broad SMARTS) is 1. The summed E-state index contributed by atoms with van der Waals surface area (Å²) in [5.41, 5.74) is 5.12. The van der Waals surface area contributed by atoms with Crippen molar-refractivity contribution in [1.82, 2.24) is 0 Å². The summed E-state index contributed by atoms with van der Waals surface area (Å²) in [5, 5.41) is 8.66. The highest BCUT2D eigenvalue weighted by Crippen LogP contribution is 2.39. The topological polar surface area (TPSA) is 88.5 Å². The van der Waals surface area contributed by atoms with Crippen LogP contribution in [0.4, 0.5) is 0 Å². The van der Waals surface area contributed by atoms with Gasteiger partial charge in [0.25, 0.3) is 0 Å². The summed E-state index contributed by atoms with van der Waals surface area (Å²) in [6.07, 6.45) is 2.56. The van der Waals surface area contributed by atoms with Gasteiger partial charge < -0.3 is 5.11 Å². The molecule has 0 aliphatic heterocycles. The Hall–Kier alpha value is -2.79. The number of ketones is 2. The van der Waals surface area contributed by atoms with Gasteiger partial charge in [-0.15, -0.1) is 0 Å². The molecule has 0 bridgehead atoms. The molecule has 1 N–H and O–H groups in total. The lowest BCUT2D eigenvalue weighted by molar-refractivity contribution is -0.141. The van der Waals surface area contributed by atoms with Gasteiger partial charge in [0.05, 0.1) is 5.92 Å². The second-order valence-electron chi connectivity index (χ2n) is 11.5. The first-order valence-electron chi connectivity index (χ1n) is 12.4. The summed E-state index contributed by atoms with van der Waals surface area (Å²) < 4.78 is 0. The molecule has 6 heteroatoms. The van der Waals surface area contributed by atoms with Crippen LogP contribution >= 0.6 is 11.6 Å². The molecular formula is C31H39ClO5. The van der Waals surface area contributed by atoms with Crippen molar-refractivity contribution in [2.45, 2.75) is 74.7 Å². The van der Waals surface area contributed by atoms with E-state index in [-0.39, 0.29) is 41.0 Å². The van der Waals surface area contributed by atoms with E-state index >= 15 is 0 Å². The third kappa shape index (κ3) is 6.38. The van der Waals surface area contributed by atoms with Gasteiger partial charge in [-0.1, -0.05) is 85.4 Å². The van der Waals surface area contributed by atoms with E-state index in [0.29, 0.717) is 19.3 Å². The molecule has 200 valence electrons. The summed E-state index contributed by atoms with van der Waals surface area (Å²) in [6.45, 7) is 11.3. The van der Waals surface area contributed by atoms with E-state index in [4.69, 9.17) is 16.7 Å². The number of carbonyl (C=O) groups is 4. The van der Waals surface area contributed by atoms with Crippen molar-refractivity contribution in [3.63, 3.8) is 0 Å². The minimum absolute atomic E-state index is 0. The Labute approximate surface area is 225 Å². The molecule has 0 amide bonds. The third-order valence-corrected chi connectivity index (χ3v) is 7.74. The van der Waals surface area contributed by atoms with Gasteiger partial charge in [-0.2, -0.15) is 0 Å². The highest BCUT2D eigenvalue weighted by atomic mass is 35.5. The number of aliphatic carboxylic acids is 1. The minimum Gasteiger partial charge on any atom is -0.481 e. The molecule has 2 atom stereocenters. The zero-order valence-electron chi connectivity index (χ0n) is 21.9. The largest absolute Gasteiger partial charge is 0.481 e. The van der Waals surface area contributed by atoms with Gasteiger partial charge in [-0.3, -0.25) is 19.2 Å². The van der Waals surface area contributed by atoms with Crippen molar-refractivity contribution in [3.8, 4) is 0 Å². The Balaban J connectivity index is 0.000000253. The van der Waals surface area contributed by atoms with Crippen LogP contribution in [-0.2, 0) is 35.3 Å². The fraction of sp³-hybridized carbons (Fsp3) is 0.484. The first-order valence-corrected chi connectivity index (χ1v) is 12.8. The monoisotopic (exact) mass is 526 g/mol. The van der Waals surface area contributed by atoms with Crippen molar-refractivity contribution in [1.29, 1.82) is 0 Å². The standard InChI is InChI=1S/C15H17ClO2.C15H18O3.CH4/c1-9(14(16)18)7-10-5-4-6-11-12(10)8-15(2,3)13(11)17;1-9(14(17)18)7-10-5-4-6-11-12(10)8-15(2,3)13(11)16;/h4-6,9H,7-8H2,1-3H3;4-6,9H,7-8H2,1-3H3,(H,17,18);1H4. The zero-order chi connectivity index (χ0) is 27.0. The van der Waals surface area contributed by atoms with Crippen LogP contribution < -0.4 is 0 Å². The van der Waals surface area contributed by atoms with Crippen LogP contribution in [0.3, 0.4) is 0 Å². The minimum atomic E-state index is -0.795. The molecule has 2 unspecified atom stereocenters. The number of hydrogen-bond donors (Lipinski definition) is 1. The molecule has 0 heterocycles. The Morgan fingerprint density at radius 2 is 1.19 bits per heavy atom. The van der Waals surface area contributed by atoms with Crippen LogP contribution in [0.5, 0.6) is 0 Å². The van der Waals surface area contributed by atoms with E-state index < -0.39 is 11.9 Å². The number of carboxylic acids is 1. The molecule has 2 aliphatic rings. The number of rotatable bonds is 6. The van der Waals surface area contributed by atoms with Gasteiger partial charge in [0.15, 0.2) is 11.6 Å². The van der Waals surface area contributed by atoms with Crippen molar-refractivity contribution in [2.75, 3.05) is 0 Å². The summed E-state index contributed by atoms with van der Waals surface area (Å²) in [5.74, 6) is -1.06. The number of fused-ring (bicyclic) bond motifs is 2. The molecule has 0 fully saturated rings. The second kappa shape index (κ2) is 11.3. The van der Waals surface area contributed by atoms with Gasteiger partial charge in [-0.05, 0) is 59.5 Å². The maximum absolute atomic E-state index is 12.2. The number of hydrogen-bond acceptors (Lipinski definition) is 4. The summed E-state index contributed by atoms with van der Waals surface area (Å²) in [4.78, 5) is 46.4. The Morgan fingerprint density at radius 1 is 0.811 bits per heavy atom. The van der Waals surface area contributed by atoms with Crippen molar-refractivity contribution >= 4 is 34.4 Å². The van der Waals surface area contributed by atoms with Gasteiger partial charge >= 0.3 is 5.97 Å². The van der Waals surface area contributed by atoms with Gasteiger partial charge in [0.2, 0.25) is 5.24 Å². The van der Waals surface area contributed by atoms with Crippen LogP contribution in [0.25, 0.3) is 0 Å². The normalized spacial score (nSPS) is 18.0. The van der Waals surface area contributed by atoms with Gasteiger partial charge in [-0.25, -0.2) is 0 Å². The molecule has 0 spiro atoms. The zero-order valence-corrected chi connectivity index (χ0v) is 22.7. The highest BCUT2D eigenvalue weighted by Gasteiger charge is 2.39. The summed E-state index contributed by atoms with van der Waals surface area (Å²) in [6, 6.07) is 11.4. The molecule has 37 heavy (non-hydrogen) atoms. The average molecular weight is 527 g/mol.